The first-order chi connectivity index (χ1) is 17.7. The van der Waals surface area contributed by atoms with Crippen molar-refractivity contribution in [3.63, 3.8) is 0 Å². The summed E-state index contributed by atoms with van der Waals surface area (Å²) in [4.78, 5) is 32.8. The van der Waals surface area contributed by atoms with Crippen molar-refractivity contribution in [2.24, 2.45) is 5.92 Å². The van der Waals surface area contributed by atoms with Crippen LogP contribution in [-0.4, -0.2) is 59.0 Å². The van der Waals surface area contributed by atoms with Crippen molar-refractivity contribution in [1.82, 2.24) is 34.9 Å². The molecular weight excluding hydrogens is 495 g/mol. The molecule has 1 unspecified atom stereocenters. The molecule has 1 saturated carbocycles. The summed E-state index contributed by atoms with van der Waals surface area (Å²) >= 11 is 0. The first-order valence-corrected chi connectivity index (χ1v) is 11.5. The Morgan fingerprint density at radius 2 is 2.03 bits per heavy atom. The molecule has 4 heterocycles. The highest BCUT2D eigenvalue weighted by Gasteiger charge is 2.39. The number of rotatable bonds is 5. The molecule has 1 aliphatic rings. The van der Waals surface area contributed by atoms with E-state index in [-0.39, 0.29) is 12.0 Å². The molecule has 0 bridgehead atoms. The lowest BCUT2D eigenvalue weighted by Gasteiger charge is -2.15. The minimum atomic E-state index is -5.08. The number of aromatic amines is 1. The van der Waals surface area contributed by atoms with Crippen LogP contribution in [0.4, 0.5) is 18.0 Å². The molecule has 1 aliphatic carbocycles. The molecule has 0 radical (unpaired) electrons. The van der Waals surface area contributed by atoms with Crippen molar-refractivity contribution in [1.29, 1.82) is 0 Å². The second-order valence-electron chi connectivity index (χ2n) is 8.51. The van der Waals surface area contributed by atoms with Crippen molar-refractivity contribution in [2.75, 3.05) is 0 Å². The number of aliphatic carboxylic acids is 1. The largest absolute Gasteiger partial charge is 0.490 e. The third-order valence-corrected chi connectivity index (χ3v) is 6.15. The molecule has 4 aromatic rings. The summed E-state index contributed by atoms with van der Waals surface area (Å²) < 4.78 is 39.5. The summed E-state index contributed by atoms with van der Waals surface area (Å²) in [5, 5.41) is 18.7. The Labute approximate surface area is 208 Å². The van der Waals surface area contributed by atoms with Gasteiger partial charge in [0.1, 0.15) is 11.9 Å². The molecule has 0 spiro atoms. The van der Waals surface area contributed by atoms with Crippen molar-refractivity contribution < 1.29 is 32.6 Å². The van der Waals surface area contributed by atoms with E-state index in [1.807, 2.05) is 24.4 Å². The molecule has 0 saturated heterocycles. The number of carboxylic acid groups (broad SMARTS) is 1. The number of pyridine rings is 1. The minimum Gasteiger partial charge on any atom is -0.475 e. The van der Waals surface area contributed by atoms with Crippen molar-refractivity contribution in [3.8, 4) is 0 Å². The highest BCUT2D eigenvalue weighted by Crippen LogP contribution is 2.42. The molecule has 0 aromatic carbocycles. The minimum absolute atomic E-state index is 0.148. The Balaban J connectivity index is 0.000000405. The number of carbonyl (C=O) groups excluding carboxylic acids is 1. The lowest BCUT2D eigenvalue weighted by atomic mass is 9.93. The van der Waals surface area contributed by atoms with Crippen LogP contribution in [0.2, 0.25) is 0 Å². The van der Waals surface area contributed by atoms with E-state index in [4.69, 9.17) is 14.6 Å². The summed E-state index contributed by atoms with van der Waals surface area (Å²) in [7, 11) is 0. The second-order valence-corrected chi connectivity index (χ2v) is 8.51. The number of alkyl halides is 3. The van der Waals surface area contributed by atoms with Gasteiger partial charge in [0.15, 0.2) is 11.3 Å². The topological polar surface area (TPSA) is 147 Å². The first kappa shape index (κ1) is 25.9. The number of hydrogen-bond acceptors (Lipinski definition) is 7. The van der Waals surface area contributed by atoms with Gasteiger partial charge in [-0.3, -0.25) is 9.38 Å². The first-order valence-electron chi connectivity index (χ1n) is 11.5. The third kappa shape index (κ3) is 5.95. The number of fused-ring (bicyclic) bond motifs is 3. The third-order valence-electron chi connectivity index (χ3n) is 6.15. The fourth-order valence-corrected chi connectivity index (χ4v) is 4.45. The summed E-state index contributed by atoms with van der Waals surface area (Å²) in [6.07, 6.45) is 3.93. The van der Waals surface area contributed by atoms with E-state index in [9.17, 15) is 18.0 Å². The molecule has 0 aliphatic heterocycles. The fourth-order valence-electron chi connectivity index (χ4n) is 4.45. The second kappa shape index (κ2) is 10.8. The van der Waals surface area contributed by atoms with Crippen LogP contribution < -0.4 is 5.32 Å². The van der Waals surface area contributed by atoms with Gasteiger partial charge in [-0.1, -0.05) is 19.4 Å². The number of halogens is 3. The van der Waals surface area contributed by atoms with Gasteiger partial charge < -0.3 is 20.1 Å². The Kier molecular flexibility index (Phi) is 7.55. The molecule has 1 fully saturated rings. The van der Waals surface area contributed by atoms with Crippen molar-refractivity contribution >= 4 is 28.9 Å². The monoisotopic (exact) mass is 519 g/mol. The van der Waals surface area contributed by atoms with Crippen LogP contribution in [0.1, 0.15) is 43.5 Å². The number of alkyl carbamates (subject to hydrolysis) is 1. The molecule has 11 nitrogen and oxygen atoms in total. The van der Waals surface area contributed by atoms with Crippen LogP contribution in [0.15, 0.2) is 43.0 Å². The molecule has 3 atom stereocenters. The average Bonchev–Trinajstić information content (AvgIpc) is 3.60. The van der Waals surface area contributed by atoms with Crippen LogP contribution >= 0.6 is 0 Å². The molecular formula is C23H24F3N7O4. The van der Waals surface area contributed by atoms with Crippen LogP contribution in [-0.2, 0) is 16.1 Å². The number of amides is 1. The van der Waals surface area contributed by atoms with Gasteiger partial charge in [-0.25, -0.2) is 14.6 Å². The molecule has 3 N–H and O–H groups in total. The summed E-state index contributed by atoms with van der Waals surface area (Å²) in [6, 6.07) is 5.74. The molecule has 14 heteroatoms. The number of ether oxygens (including phenoxy) is 1. The van der Waals surface area contributed by atoms with Gasteiger partial charge in [-0.05, 0) is 36.5 Å². The molecule has 4 aromatic heterocycles. The van der Waals surface area contributed by atoms with Crippen LogP contribution in [0, 0.1) is 5.92 Å². The SMILES string of the molecule is CC[C@@H]1C[C@H](OC(=O)NCc2cccnc2)CC1c1nnc2cnc3[nH]ccc3n12.O=C(O)C(F)(F)F. The summed E-state index contributed by atoms with van der Waals surface area (Å²) in [5.41, 5.74) is 3.42. The normalized spacial score (nSPS) is 19.4. The maximum absolute atomic E-state index is 12.3. The summed E-state index contributed by atoms with van der Waals surface area (Å²) in [6.45, 7) is 2.56. The highest BCUT2D eigenvalue weighted by atomic mass is 19.4. The van der Waals surface area contributed by atoms with E-state index in [0.29, 0.717) is 12.5 Å². The number of carboxylic acids is 1. The zero-order valence-corrected chi connectivity index (χ0v) is 19.6. The van der Waals surface area contributed by atoms with Gasteiger partial charge in [0, 0.05) is 31.1 Å². The Bertz CT molecular complexity index is 1370. The Hall–Kier alpha value is -4.23. The average molecular weight is 519 g/mol. The smallest absolute Gasteiger partial charge is 0.475 e. The van der Waals surface area contributed by atoms with E-state index >= 15 is 0 Å². The molecule has 196 valence electrons. The van der Waals surface area contributed by atoms with E-state index < -0.39 is 18.2 Å². The van der Waals surface area contributed by atoms with E-state index in [0.717, 1.165) is 47.5 Å². The van der Waals surface area contributed by atoms with Crippen LogP contribution in [0.3, 0.4) is 0 Å². The highest BCUT2D eigenvalue weighted by molar-refractivity contribution is 5.74. The summed E-state index contributed by atoms with van der Waals surface area (Å²) in [5.74, 6) is -1.31. The van der Waals surface area contributed by atoms with Crippen LogP contribution in [0.5, 0.6) is 0 Å². The van der Waals surface area contributed by atoms with Gasteiger partial charge in [0.2, 0.25) is 0 Å². The Morgan fingerprint density at radius 3 is 2.70 bits per heavy atom. The predicted octanol–water partition coefficient (Wildman–Crippen LogP) is 3.83. The van der Waals surface area contributed by atoms with E-state index in [1.54, 1.807) is 18.6 Å². The van der Waals surface area contributed by atoms with Crippen molar-refractivity contribution in [2.45, 2.75) is 50.9 Å². The molecule has 5 rings (SSSR count). The van der Waals surface area contributed by atoms with Gasteiger partial charge in [0.05, 0.1) is 11.7 Å². The quantitative estimate of drug-likeness (QED) is 0.360. The van der Waals surface area contributed by atoms with Gasteiger partial charge in [-0.2, -0.15) is 13.2 Å². The maximum Gasteiger partial charge on any atom is 0.490 e. The van der Waals surface area contributed by atoms with Gasteiger partial charge in [0.25, 0.3) is 0 Å². The lowest BCUT2D eigenvalue weighted by Crippen LogP contribution is -2.27. The zero-order valence-electron chi connectivity index (χ0n) is 19.6. The lowest BCUT2D eigenvalue weighted by molar-refractivity contribution is -0.192. The van der Waals surface area contributed by atoms with Crippen LogP contribution in [0.25, 0.3) is 16.8 Å². The van der Waals surface area contributed by atoms with E-state index in [2.05, 4.69) is 41.8 Å². The number of nitrogens with zero attached hydrogens (tertiary/aromatic N) is 5. The number of nitrogens with one attached hydrogen (secondary N) is 2. The van der Waals surface area contributed by atoms with Gasteiger partial charge >= 0.3 is 18.2 Å². The predicted molar refractivity (Wildman–Crippen MR) is 123 cm³/mol. The molecule has 1 amide bonds. The fraction of sp³-hybridized carbons (Fsp3) is 0.391. The standard InChI is InChI=1S/C21H23N7O2.C2HF3O2/c1-2-14-8-15(30-21(29)25-11-13-4-3-6-22-10-13)9-16(14)20-27-26-18-12-24-19-17(28(18)20)5-7-23-19;3-2(4,5)1(6)7/h3-7,10,12,14-16,23H,2,8-9,11H2,1H3,(H,25,29);(H,6,7)/t14-,15+,16?;/m1./s1. The maximum atomic E-state index is 12.3. The van der Waals surface area contributed by atoms with E-state index in [1.165, 1.54) is 0 Å². The number of aromatic nitrogens is 6. The van der Waals surface area contributed by atoms with Crippen molar-refractivity contribution in [3.05, 3.63) is 54.4 Å². The number of H-pyrrole nitrogens is 1. The molecule has 37 heavy (non-hydrogen) atoms. The van der Waals surface area contributed by atoms with Gasteiger partial charge in [-0.15, -0.1) is 10.2 Å². The number of hydrogen-bond donors (Lipinski definition) is 3. The Morgan fingerprint density at radius 1 is 1.24 bits per heavy atom. The number of carbonyl (C=O) groups is 2. The zero-order chi connectivity index (χ0) is 26.6.